The molecule has 1 aliphatic heterocycles. The Morgan fingerprint density at radius 3 is 2.30 bits per heavy atom. The summed E-state index contributed by atoms with van der Waals surface area (Å²) in [5.41, 5.74) is 1.93. The van der Waals surface area contributed by atoms with Crippen molar-refractivity contribution < 1.29 is 13.2 Å². The van der Waals surface area contributed by atoms with Crippen molar-refractivity contribution in [3.05, 3.63) is 71.8 Å². The van der Waals surface area contributed by atoms with Crippen LogP contribution in [0, 0.1) is 6.92 Å². The summed E-state index contributed by atoms with van der Waals surface area (Å²) in [6, 6.07) is 15.7. The largest absolute Gasteiger partial charge is 0.334 e. The Labute approximate surface area is 161 Å². The molecule has 0 saturated carbocycles. The van der Waals surface area contributed by atoms with Crippen LogP contribution < -0.4 is 0 Å². The van der Waals surface area contributed by atoms with Crippen LogP contribution in [0.5, 0.6) is 0 Å². The molecule has 0 radical (unpaired) electrons. The Kier molecular flexibility index (Phi) is 5.96. The molecule has 6 heteroatoms. The van der Waals surface area contributed by atoms with Crippen LogP contribution in [0.1, 0.15) is 24.0 Å². The third kappa shape index (κ3) is 4.57. The molecule has 142 valence electrons. The highest BCUT2D eigenvalue weighted by Crippen LogP contribution is 2.20. The molecular formula is C21H24N2O3S. The number of amides is 2. The van der Waals surface area contributed by atoms with Gasteiger partial charge in [-0.05, 0) is 37.5 Å². The van der Waals surface area contributed by atoms with E-state index in [0.717, 1.165) is 28.3 Å². The lowest BCUT2D eigenvalue weighted by Gasteiger charge is -2.26. The second kappa shape index (κ2) is 8.39. The van der Waals surface area contributed by atoms with E-state index >= 15 is 0 Å². The molecule has 0 aromatic heterocycles. The maximum Gasteiger partial charge on any atom is 0.334 e. The van der Waals surface area contributed by atoms with Gasteiger partial charge in [-0.25, -0.2) is 17.5 Å². The molecule has 1 saturated heterocycles. The summed E-state index contributed by atoms with van der Waals surface area (Å²) in [6.45, 7) is 3.09. The first kappa shape index (κ1) is 19.2. The van der Waals surface area contributed by atoms with Gasteiger partial charge in [0.1, 0.15) is 0 Å². The molecule has 0 spiro atoms. The van der Waals surface area contributed by atoms with E-state index < -0.39 is 16.1 Å². The standard InChI is InChI=1S/C21H24N2O3S/c1-18-11-13-20(14-12-18)27(25,26)23(21(24)22-15-5-6-16-22)17-7-10-19-8-3-2-4-9-19/h2-4,7-14H,5-6,15-17H2,1H3/b10-7+. The molecule has 27 heavy (non-hydrogen) atoms. The van der Waals surface area contributed by atoms with Gasteiger partial charge in [0.05, 0.1) is 11.4 Å². The number of benzene rings is 2. The summed E-state index contributed by atoms with van der Waals surface area (Å²) in [5.74, 6) is 0. The number of likely N-dealkylation sites (tertiary alicyclic amines) is 1. The highest BCUT2D eigenvalue weighted by Gasteiger charge is 2.32. The van der Waals surface area contributed by atoms with Gasteiger partial charge in [0.2, 0.25) is 0 Å². The molecule has 2 aromatic rings. The lowest BCUT2D eigenvalue weighted by Crippen LogP contribution is -2.45. The van der Waals surface area contributed by atoms with Crippen LogP contribution in [0.25, 0.3) is 6.08 Å². The van der Waals surface area contributed by atoms with E-state index in [1.165, 1.54) is 0 Å². The van der Waals surface area contributed by atoms with Crippen molar-refractivity contribution >= 4 is 22.1 Å². The van der Waals surface area contributed by atoms with Crippen molar-refractivity contribution in [2.45, 2.75) is 24.7 Å². The first-order chi connectivity index (χ1) is 13.0. The average Bonchev–Trinajstić information content (AvgIpc) is 3.21. The van der Waals surface area contributed by atoms with Gasteiger partial charge in [-0.15, -0.1) is 0 Å². The zero-order chi connectivity index (χ0) is 19.3. The molecule has 0 aliphatic carbocycles. The minimum Gasteiger partial charge on any atom is -0.324 e. The van der Waals surface area contributed by atoms with Gasteiger partial charge in [0, 0.05) is 13.1 Å². The van der Waals surface area contributed by atoms with Gasteiger partial charge in [-0.3, -0.25) is 0 Å². The van der Waals surface area contributed by atoms with Crippen molar-refractivity contribution in [1.29, 1.82) is 0 Å². The molecule has 5 nitrogen and oxygen atoms in total. The van der Waals surface area contributed by atoms with E-state index in [9.17, 15) is 13.2 Å². The minimum atomic E-state index is -3.92. The highest BCUT2D eigenvalue weighted by molar-refractivity contribution is 7.89. The van der Waals surface area contributed by atoms with E-state index in [0.29, 0.717) is 13.1 Å². The monoisotopic (exact) mass is 384 g/mol. The number of hydrogen-bond acceptors (Lipinski definition) is 3. The summed E-state index contributed by atoms with van der Waals surface area (Å²) in [7, 11) is -3.92. The van der Waals surface area contributed by atoms with E-state index in [1.807, 2.05) is 43.3 Å². The van der Waals surface area contributed by atoms with E-state index in [2.05, 4.69) is 0 Å². The molecule has 1 fully saturated rings. The van der Waals surface area contributed by atoms with Gasteiger partial charge in [0.15, 0.2) is 0 Å². The normalized spacial score (nSPS) is 14.6. The van der Waals surface area contributed by atoms with Gasteiger partial charge < -0.3 is 4.90 Å². The fourth-order valence-electron chi connectivity index (χ4n) is 3.03. The molecule has 2 amide bonds. The number of aryl methyl sites for hydroxylation is 1. The molecule has 0 atom stereocenters. The summed E-state index contributed by atoms with van der Waals surface area (Å²) < 4.78 is 27.2. The summed E-state index contributed by atoms with van der Waals surface area (Å²) in [5, 5.41) is 0. The average molecular weight is 385 g/mol. The summed E-state index contributed by atoms with van der Waals surface area (Å²) >= 11 is 0. The molecule has 0 bridgehead atoms. The van der Waals surface area contributed by atoms with Crippen molar-refractivity contribution in [3.63, 3.8) is 0 Å². The first-order valence-electron chi connectivity index (χ1n) is 9.08. The van der Waals surface area contributed by atoms with Crippen molar-refractivity contribution in [2.24, 2.45) is 0 Å². The Morgan fingerprint density at radius 2 is 1.67 bits per heavy atom. The highest BCUT2D eigenvalue weighted by atomic mass is 32.2. The summed E-state index contributed by atoms with van der Waals surface area (Å²) in [6.07, 6.45) is 5.36. The zero-order valence-electron chi connectivity index (χ0n) is 15.4. The van der Waals surface area contributed by atoms with Crippen molar-refractivity contribution in [3.8, 4) is 0 Å². The third-order valence-corrected chi connectivity index (χ3v) is 6.33. The minimum absolute atomic E-state index is 0.000434. The number of carbonyl (C=O) groups excluding carboxylic acids is 1. The lowest BCUT2D eigenvalue weighted by atomic mass is 10.2. The number of nitrogens with zero attached hydrogens (tertiary/aromatic N) is 2. The lowest BCUT2D eigenvalue weighted by molar-refractivity contribution is 0.191. The molecule has 1 aliphatic rings. The second-order valence-corrected chi connectivity index (χ2v) is 8.50. The number of hydrogen-bond donors (Lipinski definition) is 0. The van der Waals surface area contributed by atoms with Crippen molar-refractivity contribution in [1.82, 2.24) is 9.21 Å². The Bertz CT molecular complexity index is 900. The summed E-state index contributed by atoms with van der Waals surface area (Å²) in [4.78, 5) is 14.7. The van der Waals surface area contributed by atoms with Crippen LogP contribution in [-0.4, -0.2) is 43.3 Å². The maximum absolute atomic E-state index is 13.1. The fraction of sp³-hybridized carbons (Fsp3) is 0.286. The van der Waals surface area contributed by atoms with E-state index in [1.54, 1.807) is 35.2 Å². The molecule has 0 N–H and O–H groups in total. The molecular weight excluding hydrogens is 360 g/mol. The van der Waals surface area contributed by atoms with Crippen LogP contribution in [0.2, 0.25) is 0 Å². The predicted molar refractivity (Wildman–Crippen MR) is 107 cm³/mol. The maximum atomic E-state index is 13.1. The Morgan fingerprint density at radius 1 is 1.04 bits per heavy atom. The number of sulfonamides is 1. The quantitative estimate of drug-likeness (QED) is 0.785. The number of carbonyl (C=O) groups is 1. The smallest absolute Gasteiger partial charge is 0.324 e. The van der Waals surface area contributed by atoms with E-state index in [4.69, 9.17) is 0 Å². The molecule has 3 rings (SSSR count). The van der Waals surface area contributed by atoms with Crippen LogP contribution in [0.15, 0.2) is 65.6 Å². The van der Waals surface area contributed by atoms with Crippen LogP contribution in [0.4, 0.5) is 4.79 Å². The van der Waals surface area contributed by atoms with Crippen molar-refractivity contribution in [2.75, 3.05) is 19.6 Å². The fourth-order valence-corrected chi connectivity index (χ4v) is 4.37. The predicted octanol–water partition coefficient (Wildman–Crippen LogP) is 3.91. The van der Waals surface area contributed by atoms with Crippen LogP contribution >= 0.6 is 0 Å². The van der Waals surface area contributed by atoms with E-state index in [-0.39, 0.29) is 11.4 Å². The Balaban J connectivity index is 1.87. The number of rotatable bonds is 5. The topological polar surface area (TPSA) is 57.7 Å². The SMILES string of the molecule is Cc1ccc(S(=O)(=O)N(C/C=C/c2ccccc2)C(=O)N2CCCC2)cc1. The molecule has 2 aromatic carbocycles. The zero-order valence-corrected chi connectivity index (χ0v) is 16.2. The van der Waals surface area contributed by atoms with Crippen LogP contribution in [-0.2, 0) is 10.0 Å². The van der Waals surface area contributed by atoms with Gasteiger partial charge in [-0.1, -0.05) is 60.2 Å². The molecule has 1 heterocycles. The first-order valence-corrected chi connectivity index (χ1v) is 10.5. The number of urea groups is 1. The van der Waals surface area contributed by atoms with Gasteiger partial charge in [0.25, 0.3) is 10.0 Å². The Hall–Kier alpha value is -2.60. The van der Waals surface area contributed by atoms with Gasteiger partial charge >= 0.3 is 6.03 Å². The van der Waals surface area contributed by atoms with Gasteiger partial charge in [-0.2, -0.15) is 0 Å². The third-order valence-electron chi connectivity index (χ3n) is 4.58. The second-order valence-electron chi connectivity index (χ2n) is 6.64. The van der Waals surface area contributed by atoms with Crippen LogP contribution in [0.3, 0.4) is 0 Å². The molecule has 0 unspecified atom stereocenters.